The van der Waals surface area contributed by atoms with Crippen molar-refractivity contribution in [3.05, 3.63) is 77.9 Å². The van der Waals surface area contributed by atoms with Crippen LogP contribution in [0, 0.1) is 0 Å². The van der Waals surface area contributed by atoms with Crippen LogP contribution in [0.15, 0.2) is 61.2 Å². The third kappa shape index (κ3) is 4.60. The number of imide groups is 1. The molecule has 10 nitrogen and oxygen atoms in total. The molecule has 3 aliphatic rings. The average Bonchev–Trinajstić information content (AvgIpc) is 3.17. The van der Waals surface area contributed by atoms with Gasteiger partial charge in [-0.1, -0.05) is 30.3 Å². The molecular weight excluding hydrogens is 494 g/mol. The molecule has 2 aromatic carbocycles. The van der Waals surface area contributed by atoms with Crippen molar-refractivity contribution in [2.24, 2.45) is 0 Å². The maximum Gasteiger partial charge on any atom is 0.303 e. The van der Waals surface area contributed by atoms with E-state index in [1.807, 2.05) is 6.92 Å². The van der Waals surface area contributed by atoms with Gasteiger partial charge in [-0.05, 0) is 31.2 Å². The van der Waals surface area contributed by atoms with E-state index in [0.717, 1.165) is 4.90 Å². The molecule has 0 unspecified atom stereocenters. The van der Waals surface area contributed by atoms with Crippen LogP contribution >= 0.6 is 0 Å². The van der Waals surface area contributed by atoms with Gasteiger partial charge in [-0.2, -0.15) is 0 Å². The first-order valence-corrected chi connectivity index (χ1v) is 12.3. The van der Waals surface area contributed by atoms with Gasteiger partial charge in [0.1, 0.15) is 24.0 Å². The normalized spacial score (nSPS) is 30.4. The van der Waals surface area contributed by atoms with E-state index in [0.29, 0.717) is 11.3 Å². The third-order valence-electron chi connectivity index (χ3n) is 6.83. The Morgan fingerprint density at radius 1 is 1.00 bits per heavy atom. The second-order valence-corrected chi connectivity index (χ2v) is 9.23. The van der Waals surface area contributed by atoms with Crippen LogP contribution in [0.25, 0.3) is 0 Å². The van der Waals surface area contributed by atoms with Gasteiger partial charge in [0.25, 0.3) is 11.8 Å². The van der Waals surface area contributed by atoms with Gasteiger partial charge in [0.15, 0.2) is 18.7 Å². The number of fused-ring (bicyclic) bond motifs is 2. The predicted octanol–water partition coefficient (Wildman–Crippen LogP) is 3.02. The fraction of sp³-hybridized carbons (Fsp3) is 0.393. The van der Waals surface area contributed by atoms with Crippen molar-refractivity contribution in [1.29, 1.82) is 0 Å². The van der Waals surface area contributed by atoms with Crippen LogP contribution in [0.5, 0.6) is 5.75 Å². The molecule has 10 heteroatoms. The van der Waals surface area contributed by atoms with Gasteiger partial charge >= 0.3 is 5.97 Å². The molecule has 0 radical (unpaired) electrons. The van der Waals surface area contributed by atoms with E-state index in [1.165, 1.54) is 13.0 Å². The van der Waals surface area contributed by atoms with E-state index < -0.39 is 60.8 Å². The monoisotopic (exact) mass is 523 g/mol. The molecule has 0 aliphatic carbocycles. The lowest BCUT2D eigenvalue weighted by atomic mass is 9.91. The number of rotatable bonds is 7. The molecule has 3 aliphatic heterocycles. The van der Waals surface area contributed by atoms with Crippen molar-refractivity contribution < 1.29 is 42.8 Å². The van der Waals surface area contributed by atoms with Gasteiger partial charge in [0.05, 0.1) is 30.9 Å². The minimum Gasteiger partial charge on any atom is -0.497 e. The smallest absolute Gasteiger partial charge is 0.303 e. The van der Waals surface area contributed by atoms with Crippen LogP contribution in [-0.2, 0) is 28.5 Å². The Balaban J connectivity index is 1.54. The summed E-state index contributed by atoms with van der Waals surface area (Å²) in [7, 11) is 1.57. The number of hydrogen-bond acceptors (Lipinski definition) is 9. The van der Waals surface area contributed by atoms with Gasteiger partial charge in [-0.15, -0.1) is 6.58 Å². The SMILES string of the molecule is C=CCO[C@@H]1O[C@H]2[C@@H](O[C@H](c3ccc(OC)cc3)O[C@H]2C)[C@H](OC(C)=O)[C@H]1N1C(=O)c2ccccc2C1=O. The van der Waals surface area contributed by atoms with Crippen LogP contribution in [0.3, 0.4) is 0 Å². The fourth-order valence-electron chi connectivity index (χ4n) is 5.12. The molecule has 5 rings (SSSR count). The topological polar surface area (TPSA) is 110 Å². The lowest BCUT2D eigenvalue weighted by molar-refractivity contribution is -0.365. The third-order valence-corrected chi connectivity index (χ3v) is 6.83. The lowest BCUT2D eigenvalue weighted by Crippen LogP contribution is -2.69. The van der Waals surface area contributed by atoms with Crippen LogP contribution in [-0.4, -0.2) is 73.1 Å². The molecule has 38 heavy (non-hydrogen) atoms. The zero-order chi connectivity index (χ0) is 27.0. The van der Waals surface area contributed by atoms with Crippen molar-refractivity contribution in [1.82, 2.24) is 4.90 Å². The van der Waals surface area contributed by atoms with Gasteiger partial charge in [-0.3, -0.25) is 19.3 Å². The van der Waals surface area contributed by atoms with Gasteiger partial charge in [0.2, 0.25) is 0 Å². The molecule has 3 heterocycles. The maximum atomic E-state index is 13.5. The molecule has 2 fully saturated rings. The van der Waals surface area contributed by atoms with E-state index in [2.05, 4.69) is 6.58 Å². The van der Waals surface area contributed by atoms with Crippen LogP contribution in [0.1, 0.15) is 46.4 Å². The number of benzene rings is 2. The van der Waals surface area contributed by atoms with E-state index in [4.69, 9.17) is 28.4 Å². The Kier molecular flexibility index (Phi) is 7.31. The molecule has 2 saturated heterocycles. The average molecular weight is 524 g/mol. The first-order valence-electron chi connectivity index (χ1n) is 12.3. The van der Waals surface area contributed by atoms with E-state index >= 15 is 0 Å². The summed E-state index contributed by atoms with van der Waals surface area (Å²) in [5, 5.41) is 0. The van der Waals surface area contributed by atoms with Crippen LogP contribution in [0.2, 0.25) is 0 Å². The number of methoxy groups -OCH3 is 1. The zero-order valence-electron chi connectivity index (χ0n) is 21.3. The van der Waals surface area contributed by atoms with Crippen LogP contribution < -0.4 is 4.74 Å². The number of nitrogens with zero attached hydrogens (tertiary/aromatic N) is 1. The minimum absolute atomic E-state index is 0.0685. The predicted molar refractivity (Wildman–Crippen MR) is 132 cm³/mol. The Morgan fingerprint density at radius 3 is 2.24 bits per heavy atom. The zero-order valence-corrected chi connectivity index (χ0v) is 21.3. The molecule has 0 saturated carbocycles. The molecule has 0 N–H and O–H groups in total. The van der Waals surface area contributed by atoms with Gasteiger partial charge in [-0.25, -0.2) is 0 Å². The number of carbonyl (C=O) groups is 3. The summed E-state index contributed by atoms with van der Waals surface area (Å²) in [5.41, 5.74) is 1.21. The maximum absolute atomic E-state index is 13.5. The highest BCUT2D eigenvalue weighted by Crippen LogP contribution is 2.41. The van der Waals surface area contributed by atoms with Crippen molar-refractivity contribution in [3.63, 3.8) is 0 Å². The summed E-state index contributed by atoms with van der Waals surface area (Å²) in [6.07, 6.45) is -3.66. The number of hydrogen-bond donors (Lipinski definition) is 0. The molecule has 0 spiro atoms. The molecular formula is C28H29NO9. The Hall–Kier alpha value is -3.57. The second kappa shape index (κ2) is 10.7. The molecule has 200 valence electrons. The number of amides is 2. The van der Waals surface area contributed by atoms with E-state index in [-0.39, 0.29) is 17.7 Å². The minimum atomic E-state index is -1.13. The number of carbonyl (C=O) groups excluding carboxylic acids is 3. The van der Waals surface area contributed by atoms with Gasteiger partial charge < -0.3 is 28.4 Å². The quantitative estimate of drug-likeness (QED) is 0.307. The first-order chi connectivity index (χ1) is 18.3. The summed E-state index contributed by atoms with van der Waals surface area (Å²) in [4.78, 5) is 40.4. The first kappa shape index (κ1) is 26.1. The molecule has 7 atom stereocenters. The van der Waals surface area contributed by atoms with Crippen molar-refractivity contribution in [2.75, 3.05) is 13.7 Å². The van der Waals surface area contributed by atoms with E-state index in [9.17, 15) is 14.4 Å². The Morgan fingerprint density at radius 2 is 1.66 bits per heavy atom. The highest BCUT2D eigenvalue weighted by molar-refractivity contribution is 6.21. The summed E-state index contributed by atoms with van der Waals surface area (Å²) in [6, 6.07) is 12.6. The highest BCUT2D eigenvalue weighted by Gasteiger charge is 2.59. The summed E-state index contributed by atoms with van der Waals surface area (Å²) < 4.78 is 35.7. The molecule has 0 bridgehead atoms. The standard InChI is InChI=1S/C28H29NO9/c1-5-14-34-28-21(29-25(31)19-8-6-7-9-20(19)26(29)32)23(36-16(3)30)24-22(37-28)15(2)35-27(38-24)17-10-12-18(33-4)13-11-17/h5-13,15,21-24,27-28H,1,14H2,2-4H3/t15-,21+,22+,23+,24+,27+,28+/m0/s1. The van der Waals surface area contributed by atoms with Crippen molar-refractivity contribution in [2.45, 2.75) is 56.9 Å². The second-order valence-electron chi connectivity index (χ2n) is 9.23. The fourth-order valence-corrected chi connectivity index (χ4v) is 5.12. The van der Waals surface area contributed by atoms with Crippen molar-refractivity contribution >= 4 is 17.8 Å². The summed E-state index contributed by atoms with van der Waals surface area (Å²) in [5.74, 6) is -1.01. The number of esters is 1. The molecule has 0 aromatic heterocycles. The summed E-state index contributed by atoms with van der Waals surface area (Å²) >= 11 is 0. The highest BCUT2D eigenvalue weighted by atomic mass is 16.8. The Labute approximate surface area is 220 Å². The molecule has 2 aromatic rings. The molecule has 2 amide bonds. The van der Waals surface area contributed by atoms with E-state index in [1.54, 1.807) is 55.6 Å². The van der Waals surface area contributed by atoms with Gasteiger partial charge in [0, 0.05) is 12.5 Å². The largest absolute Gasteiger partial charge is 0.497 e. The van der Waals surface area contributed by atoms with Crippen LogP contribution in [0.4, 0.5) is 0 Å². The number of ether oxygens (including phenoxy) is 6. The summed E-state index contributed by atoms with van der Waals surface area (Å²) in [6.45, 7) is 6.82. The lowest BCUT2D eigenvalue weighted by Gasteiger charge is -2.52. The van der Waals surface area contributed by atoms with Crippen molar-refractivity contribution in [3.8, 4) is 5.75 Å². The Bertz CT molecular complexity index is 1190.